The van der Waals surface area contributed by atoms with Gasteiger partial charge in [-0.05, 0) is 38.1 Å². The van der Waals surface area contributed by atoms with Gasteiger partial charge in [-0.2, -0.15) is 23.4 Å². The molecule has 0 saturated carbocycles. The summed E-state index contributed by atoms with van der Waals surface area (Å²) in [6, 6.07) is 5.90. The third-order valence-corrected chi connectivity index (χ3v) is 4.69. The highest BCUT2D eigenvalue weighted by molar-refractivity contribution is 5.93. The van der Waals surface area contributed by atoms with Gasteiger partial charge in [0, 0.05) is 24.0 Å². The van der Waals surface area contributed by atoms with E-state index >= 15 is 0 Å². The van der Waals surface area contributed by atoms with Gasteiger partial charge in [0.05, 0.1) is 23.9 Å². The summed E-state index contributed by atoms with van der Waals surface area (Å²) in [4.78, 5) is 16.9. The summed E-state index contributed by atoms with van der Waals surface area (Å²) < 4.78 is 46.1. The Morgan fingerprint density at radius 1 is 1.26 bits per heavy atom. The molecule has 0 spiro atoms. The number of nitrogens with one attached hydrogen (secondary N) is 1. The van der Waals surface area contributed by atoms with Crippen molar-refractivity contribution in [3.63, 3.8) is 0 Å². The molecule has 4 heterocycles. The van der Waals surface area contributed by atoms with Crippen LogP contribution in [0.4, 0.5) is 13.2 Å². The fourth-order valence-corrected chi connectivity index (χ4v) is 3.43. The number of hydrogen-bond donors (Lipinski definition) is 1. The van der Waals surface area contributed by atoms with Crippen LogP contribution in [0.25, 0.3) is 22.4 Å². The van der Waals surface area contributed by atoms with Gasteiger partial charge >= 0.3 is 6.18 Å². The number of aromatic nitrogens is 5. The van der Waals surface area contributed by atoms with Gasteiger partial charge in [0.25, 0.3) is 0 Å². The third-order valence-electron chi connectivity index (χ3n) is 4.69. The van der Waals surface area contributed by atoms with E-state index in [1.165, 1.54) is 10.9 Å². The van der Waals surface area contributed by atoms with E-state index in [-0.39, 0.29) is 19.0 Å². The number of halogens is 3. The lowest BCUT2D eigenvalue weighted by Crippen LogP contribution is -2.38. The Morgan fingerprint density at radius 3 is 2.74 bits per heavy atom. The Labute approximate surface area is 174 Å². The Balaban J connectivity index is 1.46. The second kappa shape index (κ2) is 7.89. The molecule has 4 rings (SSSR count). The number of nitrogens with zero attached hydrogens (tertiary/aromatic N) is 5. The molecule has 0 radical (unpaired) electrons. The molecule has 4 aromatic rings. The Bertz CT molecular complexity index is 1210. The first-order chi connectivity index (χ1) is 14.7. The molecule has 0 aliphatic rings. The Kier molecular flexibility index (Phi) is 5.25. The van der Waals surface area contributed by atoms with Crippen LogP contribution in [0.3, 0.4) is 0 Å². The number of carbonyl (C=O) groups excluding carboxylic acids is 1. The number of fused-ring (bicyclic) bond motifs is 1. The fraction of sp³-hybridized carbons (Fsp3) is 0.300. The molecule has 0 aliphatic carbocycles. The molecule has 0 aromatic carbocycles. The predicted octanol–water partition coefficient (Wildman–Crippen LogP) is 3.42. The zero-order valence-corrected chi connectivity index (χ0v) is 16.7. The van der Waals surface area contributed by atoms with Gasteiger partial charge in [-0.15, -0.1) is 0 Å². The van der Waals surface area contributed by atoms with Crippen molar-refractivity contribution in [2.24, 2.45) is 0 Å². The first-order valence-electron chi connectivity index (χ1n) is 9.48. The van der Waals surface area contributed by atoms with Crippen LogP contribution >= 0.6 is 0 Å². The molecule has 1 atom stereocenters. The van der Waals surface area contributed by atoms with Gasteiger partial charge in [-0.25, -0.2) is 9.67 Å². The first-order valence-corrected chi connectivity index (χ1v) is 9.48. The smallest absolute Gasteiger partial charge is 0.435 e. The number of pyridine rings is 1. The summed E-state index contributed by atoms with van der Waals surface area (Å²) in [7, 11) is 0. The average molecular weight is 432 g/mol. The van der Waals surface area contributed by atoms with E-state index in [1.54, 1.807) is 25.5 Å². The molecular weight excluding hydrogens is 413 g/mol. The molecule has 0 bridgehead atoms. The van der Waals surface area contributed by atoms with Crippen LogP contribution in [0, 0.1) is 6.92 Å². The van der Waals surface area contributed by atoms with E-state index in [9.17, 15) is 18.0 Å². The molecule has 0 fully saturated rings. The molecule has 11 heteroatoms. The number of amides is 1. The standard InChI is InChI=1S/C20H19F3N6O2/c1-12(10-28-8-6-16(27-28)20(21,22)23)25-17(30)11-29-19-18(13(2)26-29)14(5-7-24-19)15-4-3-9-31-15/h3-9,12H,10-11H2,1-2H3,(H,25,30). The van der Waals surface area contributed by atoms with E-state index in [4.69, 9.17) is 4.42 Å². The lowest BCUT2D eigenvalue weighted by Gasteiger charge is -2.14. The molecule has 162 valence electrons. The van der Waals surface area contributed by atoms with E-state index < -0.39 is 17.9 Å². The molecule has 8 nitrogen and oxygen atoms in total. The van der Waals surface area contributed by atoms with Crippen molar-refractivity contribution in [2.45, 2.75) is 39.2 Å². The summed E-state index contributed by atoms with van der Waals surface area (Å²) >= 11 is 0. The molecule has 1 unspecified atom stereocenters. The monoisotopic (exact) mass is 432 g/mol. The summed E-state index contributed by atoms with van der Waals surface area (Å²) in [5.74, 6) is 0.330. The SMILES string of the molecule is Cc1nn(CC(=O)NC(C)Cn2ccc(C(F)(F)F)n2)c2nccc(-c3ccco3)c12. The minimum atomic E-state index is -4.50. The van der Waals surface area contributed by atoms with Crippen molar-refractivity contribution in [2.75, 3.05) is 0 Å². The second-order valence-corrected chi connectivity index (χ2v) is 7.17. The fourth-order valence-electron chi connectivity index (χ4n) is 3.43. The third kappa shape index (κ3) is 4.30. The van der Waals surface area contributed by atoms with E-state index in [0.717, 1.165) is 21.7 Å². The van der Waals surface area contributed by atoms with Crippen LogP contribution in [-0.2, 0) is 24.1 Å². The summed E-state index contributed by atoms with van der Waals surface area (Å²) in [5, 5.41) is 11.5. The van der Waals surface area contributed by atoms with E-state index in [2.05, 4.69) is 20.5 Å². The molecule has 1 N–H and O–H groups in total. The predicted molar refractivity (Wildman–Crippen MR) is 105 cm³/mol. The lowest BCUT2D eigenvalue weighted by atomic mass is 10.1. The van der Waals surface area contributed by atoms with Crippen LogP contribution in [0.5, 0.6) is 0 Å². The minimum Gasteiger partial charge on any atom is -0.464 e. The van der Waals surface area contributed by atoms with Gasteiger partial charge in [-0.3, -0.25) is 9.48 Å². The zero-order valence-electron chi connectivity index (χ0n) is 16.7. The maximum Gasteiger partial charge on any atom is 0.435 e. The maximum atomic E-state index is 12.7. The maximum absolute atomic E-state index is 12.7. The minimum absolute atomic E-state index is 0.0871. The molecule has 1 amide bonds. The van der Waals surface area contributed by atoms with Crippen LogP contribution < -0.4 is 5.32 Å². The summed E-state index contributed by atoms with van der Waals surface area (Å²) in [6.45, 7) is 3.52. The van der Waals surface area contributed by atoms with Gasteiger partial charge in [0.15, 0.2) is 11.3 Å². The van der Waals surface area contributed by atoms with Crippen molar-refractivity contribution in [1.29, 1.82) is 0 Å². The number of furan rings is 1. The molecule has 31 heavy (non-hydrogen) atoms. The van der Waals surface area contributed by atoms with Gasteiger partial charge < -0.3 is 9.73 Å². The normalized spacial score (nSPS) is 12.9. The van der Waals surface area contributed by atoms with Crippen molar-refractivity contribution in [3.8, 4) is 11.3 Å². The lowest BCUT2D eigenvalue weighted by molar-refractivity contribution is -0.141. The molecule has 0 aliphatic heterocycles. The Hall–Kier alpha value is -3.63. The summed E-state index contributed by atoms with van der Waals surface area (Å²) in [5.41, 5.74) is 1.09. The van der Waals surface area contributed by atoms with Crippen molar-refractivity contribution < 1.29 is 22.4 Å². The van der Waals surface area contributed by atoms with Crippen molar-refractivity contribution >= 4 is 16.9 Å². The van der Waals surface area contributed by atoms with Gasteiger partial charge in [0.1, 0.15) is 12.3 Å². The van der Waals surface area contributed by atoms with Crippen LogP contribution in [-0.4, -0.2) is 36.5 Å². The van der Waals surface area contributed by atoms with Crippen LogP contribution in [0.1, 0.15) is 18.3 Å². The molecule has 4 aromatic heterocycles. The Morgan fingerprint density at radius 2 is 2.06 bits per heavy atom. The highest BCUT2D eigenvalue weighted by Gasteiger charge is 2.33. The molecular formula is C20H19F3N6O2. The topological polar surface area (TPSA) is 90.8 Å². The van der Waals surface area contributed by atoms with Gasteiger partial charge in [0.2, 0.25) is 5.91 Å². The number of rotatable bonds is 6. The highest BCUT2D eigenvalue weighted by Crippen LogP contribution is 2.30. The number of hydrogen-bond acceptors (Lipinski definition) is 5. The number of carbonyl (C=O) groups is 1. The average Bonchev–Trinajstić information content (AvgIpc) is 3.42. The molecule has 0 saturated heterocycles. The van der Waals surface area contributed by atoms with Crippen LogP contribution in [0.15, 0.2) is 47.3 Å². The number of alkyl halides is 3. The van der Waals surface area contributed by atoms with Crippen LogP contribution in [0.2, 0.25) is 0 Å². The highest BCUT2D eigenvalue weighted by atomic mass is 19.4. The number of aryl methyl sites for hydroxylation is 1. The quantitative estimate of drug-likeness (QED) is 0.504. The van der Waals surface area contributed by atoms with Crippen molar-refractivity contribution in [3.05, 3.63) is 54.3 Å². The van der Waals surface area contributed by atoms with Gasteiger partial charge in [-0.1, -0.05) is 0 Å². The van der Waals surface area contributed by atoms with E-state index in [0.29, 0.717) is 17.1 Å². The first kappa shape index (κ1) is 20.6. The zero-order chi connectivity index (χ0) is 22.2. The van der Waals surface area contributed by atoms with Crippen molar-refractivity contribution in [1.82, 2.24) is 29.9 Å². The van der Waals surface area contributed by atoms with E-state index in [1.807, 2.05) is 19.1 Å². The summed E-state index contributed by atoms with van der Waals surface area (Å²) in [6.07, 6.45) is -0.0735. The largest absolute Gasteiger partial charge is 0.464 e. The second-order valence-electron chi connectivity index (χ2n) is 7.17.